The molecule has 0 saturated heterocycles. The number of nitrogens with one attached hydrogen (secondary N) is 1. The largest absolute Gasteiger partial charge is 0.481 e. The van der Waals surface area contributed by atoms with Gasteiger partial charge in [-0.3, -0.25) is 0 Å². The van der Waals surface area contributed by atoms with E-state index in [-0.39, 0.29) is 0 Å². The average molecular weight is 260 g/mol. The third-order valence-corrected chi connectivity index (χ3v) is 2.58. The minimum Gasteiger partial charge on any atom is -0.481 e. The van der Waals surface area contributed by atoms with Crippen molar-refractivity contribution in [1.29, 1.82) is 0 Å². The number of nitrogen functional groups attached to an aromatic ring is 1. The molecule has 2 heterocycles. The molecule has 2 rings (SSSR count). The molecule has 0 radical (unpaired) electrons. The lowest BCUT2D eigenvalue weighted by molar-refractivity contribution is 0.397. The Balaban J connectivity index is 2.09. The van der Waals surface area contributed by atoms with Crippen molar-refractivity contribution in [2.75, 3.05) is 25.3 Å². The van der Waals surface area contributed by atoms with Gasteiger partial charge in [-0.25, -0.2) is 4.98 Å². The Morgan fingerprint density at radius 2 is 1.95 bits per heavy atom. The monoisotopic (exact) mass is 260 g/mol. The maximum Gasteiger partial charge on any atom is 0.215 e. The molecule has 0 amide bonds. The zero-order chi connectivity index (χ0) is 13.7. The van der Waals surface area contributed by atoms with Crippen LogP contribution in [0.5, 0.6) is 11.8 Å². The van der Waals surface area contributed by atoms with Gasteiger partial charge in [0, 0.05) is 24.9 Å². The summed E-state index contributed by atoms with van der Waals surface area (Å²) in [5.41, 5.74) is 7.44. The van der Waals surface area contributed by atoms with Crippen molar-refractivity contribution in [3.63, 3.8) is 0 Å². The van der Waals surface area contributed by atoms with Crippen molar-refractivity contribution in [1.82, 2.24) is 9.97 Å². The smallest absolute Gasteiger partial charge is 0.215 e. The van der Waals surface area contributed by atoms with Crippen LogP contribution in [0.2, 0.25) is 0 Å². The van der Waals surface area contributed by atoms with Crippen LogP contribution in [0.25, 0.3) is 0 Å². The second-order valence-corrected chi connectivity index (χ2v) is 3.85. The van der Waals surface area contributed by atoms with Crippen LogP contribution in [-0.2, 0) is 6.54 Å². The first kappa shape index (κ1) is 12.9. The first-order valence-electron chi connectivity index (χ1n) is 5.76. The molecule has 2 aromatic rings. The summed E-state index contributed by atoms with van der Waals surface area (Å²) in [5, 5.41) is 3.16. The summed E-state index contributed by atoms with van der Waals surface area (Å²) < 4.78 is 10.1. The molecule has 0 saturated carbocycles. The van der Waals surface area contributed by atoms with E-state index in [0.717, 1.165) is 5.56 Å². The lowest BCUT2D eigenvalue weighted by Crippen LogP contribution is -2.05. The number of aromatic nitrogens is 2. The highest BCUT2D eigenvalue weighted by molar-refractivity contribution is 5.62. The van der Waals surface area contributed by atoms with Crippen LogP contribution in [-0.4, -0.2) is 24.2 Å². The second kappa shape index (κ2) is 5.90. The summed E-state index contributed by atoms with van der Waals surface area (Å²) in [6.07, 6.45) is 1.69. The summed E-state index contributed by atoms with van der Waals surface area (Å²) in [5.74, 6) is 1.69. The van der Waals surface area contributed by atoms with Gasteiger partial charge < -0.3 is 20.5 Å². The summed E-state index contributed by atoms with van der Waals surface area (Å²) in [4.78, 5) is 8.29. The van der Waals surface area contributed by atoms with Crippen molar-refractivity contribution >= 4 is 11.5 Å². The van der Waals surface area contributed by atoms with Gasteiger partial charge >= 0.3 is 0 Å². The third-order valence-electron chi connectivity index (χ3n) is 2.58. The molecule has 0 aliphatic carbocycles. The number of anilines is 2. The Kier molecular flexibility index (Phi) is 4.02. The predicted octanol–water partition coefficient (Wildman–Crippen LogP) is 1.69. The molecule has 3 N–H and O–H groups in total. The second-order valence-electron chi connectivity index (χ2n) is 3.85. The Morgan fingerprint density at radius 1 is 1.16 bits per heavy atom. The van der Waals surface area contributed by atoms with Crippen molar-refractivity contribution < 1.29 is 9.47 Å². The maximum atomic E-state index is 5.85. The highest BCUT2D eigenvalue weighted by Crippen LogP contribution is 2.20. The highest BCUT2D eigenvalue weighted by Gasteiger charge is 2.04. The summed E-state index contributed by atoms with van der Waals surface area (Å²) in [6, 6.07) is 7.21. The Morgan fingerprint density at radius 3 is 2.68 bits per heavy atom. The normalized spacial score (nSPS) is 10.0. The first-order chi connectivity index (χ1) is 9.22. The number of hydrogen-bond donors (Lipinski definition) is 2. The first-order valence-corrected chi connectivity index (χ1v) is 5.76. The van der Waals surface area contributed by atoms with E-state index in [9.17, 15) is 0 Å². The standard InChI is InChI=1S/C13H16N4O2/c1-18-11-4-3-10(14)13(17-11)16-8-9-5-6-15-12(7-9)19-2/h3-7H,8,14H2,1-2H3,(H,16,17). The van der Waals surface area contributed by atoms with Crippen LogP contribution in [0.1, 0.15) is 5.56 Å². The predicted molar refractivity (Wildman–Crippen MR) is 73.3 cm³/mol. The quantitative estimate of drug-likeness (QED) is 0.851. The van der Waals surface area contributed by atoms with E-state index in [0.29, 0.717) is 29.8 Å². The van der Waals surface area contributed by atoms with Gasteiger partial charge in [0.2, 0.25) is 11.8 Å². The average Bonchev–Trinajstić information content (AvgIpc) is 2.46. The van der Waals surface area contributed by atoms with E-state index in [4.69, 9.17) is 15.2 Å². The number of nitrogens with zero attached hydrogens (tertiary/aromatic N) is 2. The molecule has 100 valence electrons. The van der Waals surface area contributed by atoms with Crippen LogP contribution in [0, 0.1) is 0 Å². The van der Waals surface area contributed by atoms with Crippen molar-refractivity contribution in [2.45, 2.75) is 6.54 Å². The van der Waals surface area contributed by atoms with Crippen LogP contribution >= 0.6 is 0 Å². The topological polar surface area (TPSA) is 82.3 Å². The molecule has 6 heteroatoms. The number of methoxy groups -OCH3 is 2. The SMILES string of the molecule is COc1cc(CNc2nc(OC)ccc2N)ccn1. The number of pyridine rings is 2. The minimum atomic E-state index is 0.518. The van der Waals surface area contributed by atoms with E-state index in [2.05, 4.69) is 15.3 Å². The molecule has 0 fully saturated rings. The van der Waals surface area contributed by atoms with Crippen molar-refractivity contribution in [3.8, 4) is 11.8 Å². The molecule has 0 aliphatic heterocycles. The molecule has 6 nitrogen and oxygen atoms in total. The molecule has 19 heavy (non-hydrogen) atoms. The van der Waals surface area contributed by atoms with Crippen LogP contribution in [0.3, 0.4) is 0 Å². The van der Waals surface area contributed by atoms with Gasteiger partial charge in [-0.15, -0.1) is 0 Å². The number of hydrogen-bond acceptors (Lipinski definition) is 6. The fourth-order valence-corrected chi connectivity index (χ4v) is 1.57. The summed E-state index contributed by atoms with van der Waals surface area (Å²) >= 11 is 0. The fraction of sp³-hybridized carbons (Fsp3) is 0.231. The molecule has 0 aliphatic rings. The van der Waals surface area contributed by atoms with Crippen LogP contribution in [0.4, 0.5) is 11.5 Å². The molecular weight excluding hydrogens is 244 g/mol. The molecule has 0 atom stereocenters. The van der Waals surface area contributed by atoms with Crippen LogP contribution in [0.15, 0.2) is 30.5 Å². The molecule has 0 spiro atoms. The van der Waals surface area contributed by atoms with E-state index in [1.807, 2.05) is 12.1 Å². The number of ether oxygens (including phenoxy) is 2. The van der Waals surface area contributed by atoms with Gasteiger partial charge in [0.05, 0.1) is 19.9 Å². The number of nitrogens with two attached hydrogens (primary N) is 1. The lowest BCUT2D eigenvalue weighted by Gasteiger charge is -2.10. The number of rotatable bonds is 5. The van der Waals surface area contributed by atoms with Crippen LogP contribution < -0.4 is 20.5 Å². The van der Waals surface area contributed by atoms with Gasteiger partial charge in [0.25, 0.3) is 0 Å². The Labute approximate surface area is 111 Å². The van der Waals surface area contributed by atoms with Gasteiger partial charge in [0.1, 0.15) is 0 Å². The van der Waals surface area contributed by atoms with Gasteiger partial charge in [0.15, 0.2) is 5.82 Å². The Hall–Kier alpha value is -2.50. The van der Waals surface area contributed by atoms with Gasteiger partial charge in [-0.05, 0) is 17.7 Å². The van der Waals surface area contributed by atoms with Gasteiger partial charge in [-0.2, -0.15) is 4.98 Å². The lowest BCUT2D eigenvalue weighted by atomic mass is 10.2. The molecule has 2 aromatic heterocycles. The fourth-order valence-electron chi connectivity index (χ4n) is 1.57. The van der Waals surface area contributed by atoms with Crippen molar-refractivity contribution in [3.05, 3.63) is 36.0 Å². The molecule has 0 unspecified atom stereocenters. The highest BCUT2D eigenvalue weighted by atomic mass is 16.5. The van der Waals surface area contributed by atoms with Gasteiger partial charge in [-0.1, -0.05) is 0 Å². The Bertz CT molecular complexity index is 560. The zero-order valence-corrected chi connectivity index (χ0v) is 10.9. The van der Waals surface area contributed by atoms with E-state index >= 15 is 0 Å². The van der Waals surface area contributed by atoms with E-state index < -0.39 is 0 Å². The van der Waals surface area contributed by atoms with E-state index in [1.165, 1.54) is 0 Å². The summed E-state index contributed by atoms with van der Waals surface area (Å²) in [7, 11) is 3.15. The molecule has 0 bridgehead atoms. The minimum absolute atomic E-state index is 0.518. The third kappa shape index (κ3) is 3.25. The van der Waals surface area contributed by atoms with E-state index in [1.54, 1.807) is 32.5 Å². The summed E-state index contributed by atoms with van der Waals surface area (Å²) in [6.45, 7) is 0.573. The maximum absolute atomic E-state index is 5.85. The molecule has 0 aromatic carbocycles. The molecular formula is C13H16N4O2. The zero-order valence-electron chi connectivity index (χ0n) is 10.9. The van der Waals surface area contributed by atoms with Crippen molar-refractivity contribution in [2.24, 2.45) is 0 Å².